The highest BCUT2D eigenvalue weighted by Gasteiger charge is 2.47. The number of nitrogens with one attached hydrogen (secondary N) is 1. The number of phenols is 1. The van der Waals surface area contributed by atoms with Crippen LogP contribution in [0, 0.1) is 17.8 Å². The molecule has 2 bridgehead atoms. The number of benzene rings is 1. The van der Waals surface area contributed by atoms with Gasteiger partial charge in [-0.15, -0.1) is 0 Å². The minimum absolute atomic E-state index is 0.0734. The molecule has 2 aliphatic carbocycles. The number of aromatic hydroxyl groups is 1. The van der Waals surface area contributed by atoms with Gasteiger partial charge in [-0.2, -0.15) is 0 Å². The molecule has 7 heteroatoms. The molecule has 2 saturated carbocycles. The monoisotopic (exact) mass is 379 g/mol. The van der Waals surface area contributed by atoms with Gasteiger partial charge in [-0.25, -0.2) is 13.1 Å². The second-order valence-electron chi connectivity index (χ2n) is 7.27. The van der Waals surface area contributed by atoms with Crippen LogP contribution in [0.4, 0.5) is 0 Å². The molecular weight excluding hydrogens is 354 g/mol. The number of hydrogen-bond acceptors (Lipinski definition) is 4. The van der Waals surface area contributed by atoms with Gasteiger partial charge in [0.05, 0.1) is 4.90 Å². The van der Waals surface area contributed by atoms with E-state index in [1.807, 2.05) is 6.08 Å². The smallest absolute Gasteiger partial charge is 0.303 e. The van der Waals surface area contributed by atoms with Gasteiger partial charge in [0.2, 0.25) is 10.0 Å². The van der Waals surface area contributed by atoms with Crippen LogP contribution in [0.15, 0.2) is 41.3 Å². The third kappa shape index (κ3) is 4.27. The summed E-state index contributed by atoms with van der Waals surface area (Å²) in [4.78, 5) is 10.6. The van der Waals surface area contributed by atoms with Crippen molar-refractivity contribution in [1.29, 1.82) is 0 Å². The van der Waals surface area contributed by atoms with Gasteiger partial charge >= 0.3 is 5.97 Å². The molecule has 1 aromatic carbocycles. The molecule has 1 aromatic rings. The molecule has 6 nitrogen and oxygen atoms in total. The first kappa shape index (κ1) is 18.9. The first-order valence-corrected chi connectivity index (χ1v) is 10.5. The Labute approximate surface area is 154 Å². The van der Waals surface area contributed by atoms with E-state index in [2.05, 4.69) is 10.8 Å². The number of hydrogen-bond donors (Lipinski definition) is 3. The fraction of sp³-hybridized carbons (Fsp3) is 0.526. The SMILES string of the molecule is O=C(O)CCC/C=C\[C@H]1[C@@H]2CC[C@@H](C2)[C@@H]1NS(=O)(=O)c1cccc(O)c1. The lowest BCUT2D eigenvalue weighted by Crippen LogP contribution is -2.43. The lowest BCUT2D eigenvalue weighted by molar-refractivity contribution is -0.137. The maximum Gasteiger partial charge on any atom is 0.303 e. The van der Waals surface area contributed by atoms with Gasteiger partial charge in [0.25, 0.3) is 0 Å². The van der Waals surface area contributed by atoms with Gasteiger partial charge < -0.3 is 10.2 Å². The molecule has 0 heterocycles. The number of carbonyl (C=O) groups is 1. The molecule has 0 amide bonds. The highest BCUT2D eigenvalue weighted by molar-refractivity contribution is 7.89. The Bertz CT molecular complexity index is 789. The molecule has 142 valence electrons. The lowest BCUT2D eigenvalue weighted by Gasteiger charge is -2.29. The van der Waals surface area contributed by atoms with E-state index in [0.717, 1.165) is 19.3 Å². The Kier molecular flexibility index (Phi) is 5.67. The Morgan fingerprint density at radius 3 is 2.77 bits per heavy atom. The van der Waals surface area contributed by atoms with Crippen LogP contribution >= 0.6 is 0 Å². The Balaban J connectivity index is 1.69. The summed E-state index contributed by atoms with van der Waals surface area (Å²) in [6, 6.07) is 5.55. The van der Waals surface area contributed by atoms with E-state index >= 15 is 0 Å². The van der Waals surface area contributed by atoms with Crippen molar-refractivity contribution in [2.45, 2.75) is 49.5 Å². The zero-order valence-corrected chi connectivity index (χ0v) is 15.4. The van der Waals surface area contributed by atoms with Crippen molar-refractivity contribution < 1.29 is 23.4 Å². The number of sulfonamides is 1. The van der Waals surface area contributed by atoms with Crippen LogP contribution in [-0.4, -0.2) is 30.6 Å². The van der Waals surface area contributed by atoms with Crippen molar-refractivity contribution in [3.05, 3.63) is 36.4 Å². The van der Waals surface area contributed by atoms with Crippen molar-refractivity contribution in [1.82, 2.24) is 4.72 Å². The minimum atomic E-state index is -3.69. The molecule has 0 aliphatic heterocycles. The summed E-state index contributed by atoms with van der Waals surface area (Å²) in [7, 11) is -3.69. The van der Waals surface area contributed by atoms with E-state index in [0.29, 0.717) is 24.7 Å². The molecule has 3 N–H and O–H groups in total. The van der Waals surface area contributed by atoms with Crippen LogP contribution in [0.2, 0.25) is 0 Å². The molecule has 4 atom stereocenters. The van der Waals surface area contributed by atoms with E-state index in [1.165, 1.54) is 24.3 Å². The van der Waals surface area contributed by atoms with Gasteiger partial charge in [0.15, 0.2) is 0 Å². The van der Waals surface area contributed by atoms with E-state index in [-0.39, 0.29) is 29.0 Å². The Hall–Kier alpha value is -1.86. The average Bonchev–Trinajstić information content (AvgIpc) is 3.16. The van der Waals surface area contributed by atoms with E-state index < -0.39 is 16.0 Å². The molecular formula is C19H25NO5S. The maximum atomic E-state index is 12.7. The molecule has 0 aromatic heterocycles. The van der Waals surface area contributed by atoms with Gasteiger partial charge in [-0.3, -0.25) is 4.79 Å². The van der Waals surface area contributed by atoms with Crippen LogP contribution in [-0.2, 0) is 14.8 Å². The first-order valence-electron chi connectivity index (χ1n) is 9.06. The number of aliphatic carboxylic acids is 1. The standard InChI is InChI=1S/C19H25NO5S/c21-15-5-4-6-16(12-15)26(24,25)20-19-14-10-9-13(11-14)17(19)7-2-1-3-8-18(22)23/h2,4-7,12-14,17,19-21H,1,3,8-11H2,(H,22,23)/b7-2-/t13-,14+,17+,19+/m1/s1. The summed E-state index contributed by atoms with van der Waals surface area (Å²) in [5.74, 6) is 0.0878. The number of allylic oxidation sites excluding steroid dienone is 1. The highest BCUT2D eigenvalue weighted by atomic mass is 32.2. The number of fused-ring (bicyclic) bond motifs is 2. The van der Waals surface area contributed by atoms with Gasteiger partial charge in [0, 0.05) is 12.5 Å². The third-order valence-corrected chi connectivity index (χ3v) is 6.98. The van der Waals surface area contributed by atoms with E-state index in [9.17, 15) is 18.3 Å². The summed E-state index contributed by atoms with van der Waals surface area (Å²) in [5.41, 5.74) is 0. The zero-order chi connectivity index (χ0) is 18.7. The summed E-state index contributed by atoms with van der Waals surface area (Å²) in [6.07, 6.45) is 8.65. The summed E-state index contributed by atoms with van der Waals surface area (Å²) in [6.45, 7) is 0. The molecule has 0 spiro atoms. The van der Waals surface area contributed by atoms with Crippen LogP contribution in [0.1, 0.15) is 38.5 Å². The molecule has 26 heavy (non-hydrogen) atoms. The maximum absolute atomic E-state index is 12.7. The van der Waals surface area contributed by atoms with Gasteiger partial charge in [-0.1, -0.05) is 18.2 Å². The molecule has 2 aliphatic rings. The van der Waals surface area contributed by atoms with Gasteiger partial charge in [0.1, 0.15) is 5.75 Å². The molecule has 0 unspecified atom stereocenters. The molecule has 2 fully saturated rings. The summed E-state index contributed by atoms with van der Waals surface area (Å²) >= 11 is 0. The number of carboxylic acids is 1. The zero-order valence-electron chi connectivity index (χ0n) is 14.5. The second-order valence-corrected chi connectivity index (χ2v) is 8.98. The number of rotatable bonds is 8. The second kappa shape index (κ2) is 7.80. The normalized spacial score (nSPS) is 28.0. The van der Waals surface area contributed by atoms with Gasteiger partial charge in [-0.05, 0) is 68.1 Å². The molecule has 0 radical (unpaired) electrons. The highest BCUT2D eigenvalue weighted by Crippen LogP contribution is 2.49. The van der Waals surface area contributed by atoms with Crippen molar-refractivity contribution in [3.8, 4) is 5.75 Å². The fourth-order valence-corrected chi connectivity index (χ4v) is 5.69. The quantitative estimate of drug-likeness (QED) is 0.476. The largest absolute Gasteiger partial charge is 0.508 e. The average molecular weight is 379 g/mol. The van der Waals surface area contributed by atoms with Crippen molar-refractivity contribution >= 4 is 16.0 Å². The number of carboxylic acid groups (broad SMARTS) is 1. The Morgan fingerprint density at radius 1 is 1.27 bits per heavy atom. The van der Waals surface area contributed by atoms with E-state index in [1.54, 1.807) is 0 Å². The number of unbranched alkanes of at least 4 members (excludes halogenated alkanes) is 1. The van der Waals surface area contributed by atoms with Crippen LogP contribution in [0.5, 0.6) is 5.75 Å². The van der Waals surface area contributed by atoms with Crippen LogP contribution in [0.3, 0.4) is 0 Å². The topological polar surface area (TPSA) is 104 Å². The fourth-order valence-electron chi connectivity index (χ4n) is 4.31. The minimum Gasteiger partial charge on any atom is -0.508 e. The first-order chi connectivity index (χ1) is 12.4. The predicted octanol–water partition coefficient (Wildman–Crippen LogP) is 2.90. The lowest BCUT2D eigenvalue weighted by atomic mass is 9.84. The van der Waals surface area contributed by atoms with Crippen LogP contribution < -0.4 is 4.72 Å². The van der Waals surface area contributed by atoms with E-state index in [4.69, 9.17) is 5.11 Å². The summed E-state index contributed by atoms with van der Waals surface area (Å²) in [5, 5.41) is 18.2. The van der Waals surface area contributed by atoms with Crippen molar-refractivity contribution in [2.75, 3.05) is 0 Å². The predicted molar refractivity (Wildman–Crippen MR) is 97.2 cm³/mol. The third-order valence-electron chi connectivity index (χ3n) is 5.52. The van der Waals surface area contributed by atoms with Crippen molar-refractivity contribution in [2.24, 2.45) is 17.8 Å². The number of phenolic OH excluding ortho intramolecular Hbond substituents is 1. The summed E-state index contributed by atoms with van der Waals surface area (Å²) < 4.78 is 28.3. The van der Waals surface area contributed by atoms with Crippen molar-refractivity contribution in [3.63, 3.8) is 0 Å². The van der Waals surface area contributed by atoms with Crippen LogP contribution in [0.25, 0.3) is 0 Å². The molecule has 0 saturated heterocycles. The Morgan fingerprint density at radius 2 is 2.04 bits per heavy atom. The molecule has 3 rings (SSSR count).